The lowest BCUT2D eigenvalue weighted by atomic mass is 9.85. The van der Waals surface area contributed by atoms with Crippen LogP contribution in [0.2, 0.25) is 0 Å². The zero-order valence-electron chi connectivity index (χ0n) is 10.9. The number of carboxylic acids is 1. The van der Waals surface area contributed by atoms with Crippen molar-refractivity contribution in [1.29, 1.82) is 0 Å². The summed E-state index contributed by atoms with van der Waals surface area (Å²) in [4.78, 5) is 11.2. The third kappa shape index (κ3) is 2.80. The van der Waals surface area contributed by atoms with Crippen molar-refractivity contribution in [1.82, 2.24) is 0 Å². The Balaban J connectivity index is 2.29. The fourth-order valence-corrected chi connectivity index (χ4v) is 2.68. The second kappa shape index (κ2) is 5.47. The second-order valence-electron chi connectivity index (χ2n) is 5.20. The molecule has 1 fully saturated rings. The number of nitrogens with one attached hydrogen (secondary N) is 1. The molecule has 1 aliphatic carbocycles. The summed E-state index contributed by atoms with van der Waals surface area (Å²) in [7, 11) is 0. The van der Waals surface area contributed by atoms with Gasteiger partial charge in [0.2, 0.25) is 0 Å². The van der Waals surface area contributed by atoms with E-state index in [0.29, 0.717) is 11.6 Å². The van der Waals surface area contributed by atoms with Gasteiger partial charge in [0.25, 0.3) is 0 Å². The molecule has 4 N–H and O–H groups in total. The van der Waals surface area contributed by atoms with Crippen LogP contribution in [0.1, 0.15) is 43.0 Å². The van der Waals surface area contributed by atoms with Gasteiger partial charge >= 0.3 is 5.97 Å². The van der Waals surface area contributed by atoms with Crippen LogP contribution >= 0.6 is 0 Å². The molecular weight excluding hydrogens is 247 g/mol. The van der Waals surface area contributed by atoms with E-state index in [9.17, 15) is 14.3 Å². The predicted octanol–water partition coefficient (Wildman–Crippen LogP) is 3.10. The maximum absolute atomic E-state index is 13.4. The van der Waals surface area contributed by atoms with Crippen molar-refractivity contribution in [2.75, 3.05) is 11.1 Å². The summed E-state index contributed by atoms with van der Waals surface area (Å²) in [5.41, 5.74) is 5.46. The molecule has 0 spiro atoms. The highest BCUT2D eigenvalue weighted by molar-refractivity contribution is 6.00. The molecule has 2 rings (SSSR count). The van der Waals surface area contributed by atoms with E-state index in [0.717, 1.165) is 19.3 Å². The summed E-state index contributed by atoms with van der Waals surface area (Å²) in [6.45, 7) is 2.14. The third-order valence-corrected chi connectivity index (χ3v) is 3.86. The monoisotopic (exact) mass is 266 g/mol. The van der Waals surface area contributed by atoms with Crippen LogP contribution in [0, 0.1) is 11.7 Å². The first-order chi connectivity index (χ1) is 9.00. The number of benzene rings is 1. The van der Waals surface area contributed by atoms with E-state index in [4.69, 9.17) is 5.73 Å². The minimum atomic E-state index is -1.21. The van der Waals surface area contributed by atoms with Crippen LogP contribution in [0.5, 0.6) is 0 Å². The summed E-state index contributed by atoms with van der Waals surface area (Å²) in [5, 5.41) is 12.4. The zero-order valence-corrected chi connectivity index (χ0v) is 10.9. The Bertz CT molecular complexity index is 491. The number of nitrogens with two attached hydrogens (primary N) is 1. The Kier molecular flexibility index (Phi) is 3.93. The summed E-state index contributed by atoms with van der Waals surface area (Å²) < 4.78 is 13.4. The Morgan fingerprint density at radius 3 is 2.74 bits per heavy atom. The topological polar surface area (TPSA) is 75.3 Å². The summed E-state index contributed by atoms with van der Waals surface area (Å²) >= 11 is 0. The molecule has 1 aliphatic rings. The maximum Gasteiger partial charge on any atom is 0.340 e. The summed E-state index contributed by atoms with van der Waals surface area (Å²) in [5.74, 6) is -1.43. The van der Waals surface area contributed by atoms with Crippen molar-refractivity contribution in [3.8, 4) is 0 Å². The Morgan fingerprint density at radius 2 is 2.11 bits per heavy atom. The number of nitrogen functional groups attached to an aromatic ring is 1. The second-order valence-corrected chi connectivity index (χ2v) is 5.20. The van der Waals surface area contributed by atoms with Crippen LogP contribution in [0.4, 0.5) is 15.8 Å². The smallest absolute Gasteiger partial charge is 0.340 e. The van der Waals surface area contributed by atoms with Gasteiger partial charge in [0, 0.05) is 6.04 Å². The Morgan fingerprint density at radius 1 is 1.42 bits per heavy atom. The number of anilines is 2. The Labute approximate surface area is 111 Å². The van der Waals surface area contributed by atoms with Gasteiger partial charge in [-0.1, -0.05) is 19.8 Å². The van der Waals surface area contributed by atoms with Crippen molar-refractivity contribution >= 4 is 17.3 Å². The van der Waals surface area contributed by atoms with E-state index in [1.165, 1.54) is 18.6 Å². The fraction of sp³-hybridized carbons (Fsp3) is 0.500. The molecule has 5 heteroatoms. The minimum absolute atomic E-state index is 0.169. The van der Waals surface area contributed by atoms with Crippen LogP contribution in [-0.2, 0) is 0 Å². The highest BCUT2D eigenvalue weighted by Crippen LogP contribution is 2.30. The highest BCUT2D eigenvalue weighted by Gasteiger charge is 2.24. The van der Waals surface area contributed by atoms with E-state index < -0.39 is 11.8 Å². The van der Waals surface area contributed by atoms with E-state index in [1.807, 2.05) is 0 Å². The van der Waals surface area contributed by atoms with Gasteiger partial charge in [0.1, 0.15) is 11.4 Å². The molecule has 19 heavy (non-hydrogen) atoms. The van der Waals surface area contributed by atoms with E-state index >= 15 is 0 Å². The zero-order chi connectivity index (χ0) is 14.0. The molecule has 4 nitrogen and oxygen atoms in total. The standard InChI is InChI=1S/C14H19FN2O2/c1-8-4-2-3-5-10(8)17-11-7-6-9(15)13(16)12(11)14(18)19/h6-8,10,17H,2-5,16H2,1H3,(H,18,19). The average Bonchev–Trinajstić information content (AvgIpc) is 2.36. The lowest BCUT2D eigenvalue weighted by Gasteiger charge is -2.31. The van der Waals surface area contributed by atoms with E-state index in [2.05, 4.69) is 12.2 Å². The minimum Gasteiger partial charge on any atom is -0.478 e. The van der Waals surface area contributed by atoms with Crippen LogP contribution in [-0.4, -0.2) is 17.1 Å². The first kappa shape index (κ1) is 13.6. The number of hydrogen-bond donors (Lipinski definition) is 3. The van der Waals surface area contributed by atoms with Crippen molar-refractivity contribution in [2.24, 2.45) is 5.92 Å². The van der Waals surface area contributed by atoms with Crippen LogP contribution in [0.25, 0.3) is 0 Å². The number of aromatic carboxylic acids is 1. The largest absolute Gasteiger partial charge is 0.478 e. The molecule has 0 aliphatic heterocycles. The SMILES string of the molecule is CC1CCCCC1Nc1ccc(F)c(N)c1C(=O)O. The molecule has 1 saturated carbocycles. The molecular formula is C14H19FN2O2. The van der Waals surface area contributed by atoms with Crippen LogP contribution < -0.4 is 11.1 Å². The molecule has 1 aromatic rings. The van der Waals surface area contributed by atoms with Crippen molar-refractivity contribution in [3.05, 3.63) is 23.5 Å². The molecule has 2 atom stereocenters. The molecule has 104 valence electrons. The van der Waals surface area contributed by atoms with Gasteiger partial charge in [-0.2, -0.15) is 0 Å². The van der Waals surface area contributed by atoms with Gasteiger partial charge < -0.3 is 16.2 Å². The number of carboxylic acid groups (broad SMARTS) is 1. The molecule has 2 unspecified atom stereocenters. The predicted molar refractivity (Wildman–Crippen MR) is 72.8 cm³/mol. The number of carbonyl (C=O) groups is 1. The molecule has 0 amide bonds. The van der Waals surface area contributed by atoms with Crippen molar-refractivity contribution in [2.45, 2.75) is 38.6 Å². The van der Waals surface area contributed by atoms with Gasteiger partial charge in [-0.25, -0.2) is 9.18 Å². The van der Waals surface area contributed by atoms with E-state index in [1.54, 1.807) is 0 Å². The van der Waals surface area contributed by atoms with E-state index in [-0.39, 0.29) is 17.3 Å². The molecule has 0 aromatic heterocycles. The first-order valence-electron chi connectivity index (χ1n) is 6.58. The molecule has 0 heterocycles. The normalized spacial score (nSPS) is 23.1. The molecule has 0 radical (unpaired) electrons. The van der Waals surface area contributed by atoms with Crippen molar-refractivity contribution < 1.29 is 14.3 Å². The highest BCUT2D eigenvalue weighted by atomic mass is 19.1. The Hall–Kier alpha value is -1.78. The lowest BCUT2D eigenvalue weighted by Crippen LogP contribution is -2.31. The molecule has 0 saturated heterocycles. The van der Waals surface area contributed by atoms with Gasteiger partial charge in [0.15, 0.2) is 0 Å². The van der Waals surface area contributed by atoms with Gasteiger partial charge in [-0.3, -0.25) is 0 Å². The quantitative estimate of drug-likeness (QED) is 0.735. The first-order valence-corrected chi connectivity index (χ1v) is 6.58. The molecule has 1 aromatic carbocycles. The molecule has 0 bridgehead atoms. The van der Waals surface area contributed by atoms with Gasteiger partial charge in [0.05, 0.1) is 11.4 Å². The summed E-state index contributed by atoms with van der Waals surface area (Å²) in [6, 6.07) is 2.88. The number of halogens is 1. The van der Waals surface area contributed by atoms with Crippen LogP contribution in [0.3, 0.4) is 0 Å². The number of hydrogen-bond acceptors (Lipinski definition) is 3. The van der Waals surface area contributed by atoms with Gasteiger partial charge in [-0.15, -0.1) is 0 Å². The number of rotatable bonds is 3. The third-order valence-electron chi connectivity index (χ3n) is 3.86. The lowest BCUT2D eigenvalue weighted by molar-refractivity contribution is 0.0698. The van der Waals surface area contributed by atoms with Crippen LogP contribution in [0.15, 0.2) is 12.1 Å². The fourth-order valence-electron chi connectivity index (χ4n) is 2.68. The van der Waals surface area contributed by atoms with Gasteiger partial charge in [-0.05, 0) is 30.9 Å². The van der Waals surface area contributed by atoms with Crippen molar-refractivity contribution in [3.63, 3.8) is 0 Å². The average molecular weight is 266 g/mol. The summed E-state index contributed by atoms with van der Waals surface area (Å²) in [6.07, 6.45) is 4.45. The maximum atomic E-state index is 13.4.